The predicted molar refractivity (Wildman–Crippen MR) is 354 cm³/mol. The highest BCUT2D eigenvalue weighted by atomic mass is 33.1. The second-order valence-corrected chi connectivity index (χ2v) is 27.0. The van der Waals surface area contributed by atoms with Crippen molar-refractivity contribution >= 4 is 45.5 Å². The number of carbonyl (C=O) groups is 4. The topological polar surface area (TPSA) is 112 Å². The SMILES string of the molecule is CCCCCCCC/C=C\CCCCCCCCCC(=O)Oc1ccc(CC(=O)OCC2CCCN(CCSSCCN3CCCC(COC(=O)Cc4ccc(OC(=O)CCCCCCCCC/C=C\CCCCCCCC)cc4)C3)C2)cc1. The monoisotopic (exact) mass is 1200 g/mol. The van der Waals surface area contributed by atoms with Gasteiger partial charge in [-0.25, -0.2) is 0 Å². The molecule has 12 heteroatoms. The van der Waals surface area contributed by atoms with Crippen LogP contribution in [0.25, 0.3) is 0 Å². The van der Waals surface area contributed by atoms with Crippen LogP contribution in [0.3, 0.4) is 0 Å². The van der Waals surface area contributed by atoms with Crippen molar-refractivity contribution in [2.75, 3.05) is 64.0 Å². The Morgan fingerprint density at radius 1 is 0.429 bits per heavy atom. The summed E-state index contributed by atoms with van der Waals surface area (Å²) in [5, 5.41) is 0. The van der Waals surface area contributed by atoms with Crippen molar-refractivity contribution in [3.63, 3.8) is 0 Å². The van der Waals surface area contributed by atoms with Crippen LogP contribution >= 0.6 is 21.6 Å². The zero-order chi connectivity index (χ0) is 59.6. The third kappa shape index (κ3) is 39.3. The molecule has 0 amide bonds. The van der Waals surface area contributed by atoms with Crippen molar-refractivity contribution < 1.29 is 38.1 Å². The first kappa shape index (κ1) is 72.9. The molecule has 2 unspecified atom stereocenters. The summed E-state index contributed by atoms with van der Waals surface area (Å²) in [6, 6.07) is 14.5. The van der Waals surface area contributed by atoms with Crippen LogP contribution < -0.4 is 9.47 Å². The Morgan fingerprint density at radius 2 is 0.750 bits per heavy atom. The van der Waals surface area contributed by atoms with Gasteiger partial charge in [-0.1, -0.05) is 212 Å². The van der Waals surface area contributed by atoms with E-state index in [0.717, 1.165) is 113 Å². The maximum absolute atomic E-state index is 12.8. The molecule has 2 aromatic rings. The normalized spacial score (nSPS) is 15.9. The molecule has 0 aliphatic carbocycles. The number of esters is 4. The molecule has 4 rings (SSSR count). The summed E-state index contributed by atoms with van der Waals surface area (Å²) in [6.45, 7) is 11.6. The van der Waals surface area contributed by atoms with Crippen LogP contribution in [0.15, 0.2) is 72.8 Å². The van der Waals surface area contributed by atoms with E-state index < -0.39 is 0 Å². The molecule has 0 aromatic heterocycles. The molecule has 2 saturated heterocycles. The van der Waals surface area contributed by atoms with Gasteiger partial charge in [-0.3, -0.25) is 19.2 Å². The van der Waals surface area contributed by atoms with Gasteiger partial charge in [0.25, 0.3) is 0 Å². The molecule has 0 saturated carbocycles. The van der Waals surface area contributed by atoms with E-state index in [-0.39, 0.29) is 36.7 Å². The summed E-state index contributed by atoms with van der Waals surface area (Å²) >= 11 is 0. The number of nitrogens with zero attached hydrogens (tertiary/aromatic N) is 2. The molecule has 2 aromatic carbocycles. The van der Waals surface area contributed by atoms with Crippen molar-refractivity contribution in [2.24, 2.45) is 11.8 Å². The summed E-state index contributed by atoms with van der Waals surface area (Å²) in [7, 11) is 3.88. The number of benzene rings is 2. The van der Waals surface area contributed by atoms with Crippen molar-refractivity contribution in [1.82, 2.24) is 9.80 Å². The number of hydrogen-bond donors (Lipinski definition) is 0. The average Bonchev–Trinajstić information content (AvgIpc) is 3.55. The smallest absolute Gasteiger partial charge is 0.311 e. The van der Waals surface area contributed by atoms with Crippen molar-refractivity contribution in [3.05, 3.63) is 84.0 Å². The number of piperidine rings is 2. The molecule has 0 radical (unpaired) electrons. The summed E-state index contributed by atoms with van der Waals surface area (Å²) in [5.41, 5.74) is 1.71. The van der Waals surface area contributed by atoms with Crippen LogP contribution in [0.5, 0.6) is 11.5 Å². The number of ether oxygens (including phenoxy) is 4. The van der Waals surface area contributed by atoms with Gasteiger partial charge in [0.15, 0.2) is 0 Å². The quantitative estimate of drug-likeness (QED) is 0.0207. The Morgan fingerprint density at radius 3 is 1.10 bits per heavy atom. The lowest BCUT2D eigenvalue weighted by atomic mass is 9.99. The van der Waals surface area contributed by atoms with Gasteiger partial charge in [-0.15, -0.1) is 0 Å². The van der Waals surface area contributed by atoms with Crippen LogP contribution in [0, 0.1) is 11.8 Å². The van der Waals surface area contributed by atoms with E-state index >= 15 is 0 Å². The molecule has 0 bridgehead atoms. The van der Waals surface area contributed by atoms with Crippen LogP contribution in [0.2, 0.25) is 0 Å². The summed E-state index contributed by atoms with van der Waals surface area (Å²) in [4.78, 5) is 55.6. The highest BCUT2D eigenvalue weighted by Gasteiger charge is 2.23. The fourth-order valence-electron chi connectivity index (χ4n) is 11.4. The van der Waals surface area contributed by atoms with Gasteiger partial charge in [-0.05, 0) is 138 Å². The number of hydrogen-bond acceptors (Lipinski definition) is 12. The highest BCUT2D eigenvalue weighted by Crippen LogP contribution is 2.26. The van der Waals surface area contributed by atoms with Crippen molar-refractivity contribution in [3.8, 4) is 11.5 Å². The molecule has 2 heterocycles. The van der Waals surface area contributed by atoms with E-state index in [1.54, 1.807) is 24.3 Å². The Balaban J connectivity index is 0.923. The van der Waals surface area contributed by atoms with Crippen LogP contribution in [-0.4, -0.2) is 97.7 Å². The highest BCUT2D eigenvalue weighted by molar-refractivity contribution is 8.76. The van der Waals surface area contributed by atoms with Crippen molar-refractivity contribution in [1.29, 1.82) is 0 Å². The Kier molecular flexibility index (Phi) is 43.8. The summed E-state index contributed by atoms with van der Waals surface area (Å²) in [5.74, 6) is 3.03. The molecule has 0 N–H and O–H groups in total. The maximum atomic E-state index is 12.8. The standard InChI is InChI=1S/C72H116N2O8S2/c1-3-5-7-9-11-13-15-17-19-21-23-25-27-29-31-33-35-41-69(75)81-67-47-43-63(44-48-67)57-71(77)79-61-65-39-37-51-73(59-65)53-55-83-84-56-54-74-52-38-40-66(60-74)62-80-72(78)58-64-45-49-68(50-46-64)82-70(76)42-36-34-32-30-28-26-24-22-20-18-16-14-12-10-8-6-4-2/h17-20,43-50,65-66H,3-16,21-42,51-62H2,1-2H3/b19-17-,20-18-. The molecule has 0 spiro atoms. The fourth-order valence-corrected chi connectivity index (χ4v) is 13.4. The van der Waals surface area contributed by atoms with E-state index in [0.29, 0.717) is 49.4 Å². The predicted octanol–water partition coefficient (Wildman–Crippen LogP) is 18.8. The Labute approximate surface area is 519 Å². The molecule has 84 heavy (non-hydrogen) atoms. The van der Waals surface area contributed by atoms with Gasteiger partial charge < -0.3 is 28.7 Å². The number of unbranched alkanes of at least 4 members (excludes halogenated alkanes) is 26. The lowest BCUT2D eigenvalue weighted by Gasteiger charge is -2.32. The van der Waals surface area contributed by atoms with Gasteiger partial charge in [0.1, 0.15) is 11.5 Å². The van der Waals surface area contributed by atoms with E-state index in [1.807, 2.05) is 45.9 Å². The Bertz CT molecular complexity index is 1890. The second-order valence-electron chi connectivity index (χ2n) is 24.3. The maximum Gasteiger partial charge on any atom is 0.311 e. The van der Waals surface area contributed by atoms with Gasteiger partial charge in [0, 0.05) is 62.4 Å². The van der Waals surface area contributed by atoms with Crippen molar-refractivity contribution in [2.45, 2.75) is 258 Å². The fraction of sp³-hybridized carbons (Fsp3) is 0.722. The third-order valence-electron chi connectivity index (χ3n) is 16.5. The van der Waals surface area contributed by atoms with Gasteiger partial charge >= 0.3 is 23.9 Å². The zero-order valence-electron chi connectivity index (χ0n) is 53.0. The van der Waals surface area contributed by atoms with E-state index in [2.05, 4.69) is 48.0 Å². The summed E-state index contributed by atoms with van der Waals surface area (Å²) < 4.78 is 22.7. The minimum atomic E-state index is -0.218. The molecule has 2 fully saturated rings. The first-order chi connectivity index (χ1) is 41.3. The summed E-state index contributed by atoms with van der Waals surface area (Å²) in [6.07, 6.45) is 52.7. The third-order valence-corrected chi connectivity index (χ3v) is 18.9. The van der Waals surface area contributed by atoms with E-state index in [9.17, 15) is 19.2 Å². The van der Waals surface area contributed by atoms with E-state index in [1.165, 1.54) is 167 Å². The minimum absolute atomic E-state index is 0.197. The van der Waals surface area contributed by atoms with Crippen LogP contribution in [0.1, 0.15) is 256 Å². The number of likely N-dealkylation sites (tertiary alicyclic amines) is 2. The number of carbonyl (C=O) groups excluding carboxylic acids is 4. The molecule has 2 aliphatic heterocycles. The van der Waals surface area contributed by atoms with E-state index in [4.69, 9.17) is 18.9 Å². The van der Waals surface area contributed by atoms with Crippen LogP contribution in [-0.2, 0) is 41.5 Å². The first-order valence-electron chi connectivity index (χ1n) is 34.2. The average molecular weight is 1200 g/mol. The van der Waals surface area contributed by atoms with Gasteiger partial charge in [0.2, 0.25) is 0 Å². The molecular formula is C72H116N2O8S2. The first-order valence-corrected chi connectivity index (χ1v) is 36.7. The van der Waals surface area contributed by atoms with Gasteiger partial charge in [0.05, 0.1) is 26.1 Å². The largest absolute Gasteiger partial charge is 0.465 e. The lowest BCUT2D eigenvalue weighted by molar-refractivity contribution is -0.145. The number of allylic oxidation sites excluding steroid dienone is 4. The zero-order valence-corrected chi connectivity index (χ0v) is 54.6. The van der Waals surface area contributed by atoms with Gasteiger partial charge in [-0.2, -0.15) is 0 Å². The van der Waals surface area contributed by atoms with Crippen LogP contribution in [0.4, 0.5) is 0 Å². The molecule has 2 atom stereocenters. The Hall–Kier alpha value is -3.58. The molecule has 2 aliphatic rings. The second kappa shape index (κ2) is 50.4. The lowest BCUT2D eigenvalue weighted by Crippen LogP contribution is -2.39. The minimum Gasteiger partial charge on any atom is -0.465 e. The molecule has 474 valence electrons. The number of rotatable bonds is 51. The molecule has 10 nitrogen and oxygen atoms in total. The molecular weight excluding hydrogens is 1080 g/mol.